The molecule has 0 radical (unpaired) electrons. The third-order valence-corrected chi connectivity index (χ3v) is 9.53. The molecule has 7 heteroatoms. The summed E-state index contributed by atoms with van der Waals surface area (Å²) in [6.45, 7) is 4.25. The molecule has 2 aromatic rings. The van der Waals surface area contributed by atoms with Crippen LogP contribution in [0.2, 0.25) is 0 Å². The summed E-state index contributed by atoms with van der Waals surface area (Å²) in [4.78, 5) is 4.36. The summed E-state index contributed by atoms with van der Waals surface area (Å²) < 4.78 is 28.6. The van der Waals surface area contributed by atoms with E-state index in [9.17, 15) is 13.5 Å². The van der Waals surface area contributed by atoms with Crippen LogP contribution in [0.5, 0.6) is 0 Å². The number of aliphatic hydroxyl groups excluding tert-OH is 1. The van der Waals surface area contributed by atoms with Gasteiger partial charge in [0.05, 0.1) is 16.8 Å². The van der Waals surface area contributed by atoms with E-state index in [0.717, 1.165) is 58.9 Å². The molecular formula is C29H45IN2O3S. The number of hydrogen-bond acceptors (Lipinski definition) is 5. The normalized spacial score (nSPS) is 20.2. The van der Waals surface area contributed by atoms with Crippen LogP contribution in [0, 0.1) is 8.99 Å². The molecule has 0 aliphatic carbocycles. The van der Waals surface area contributed by atoms with Crippen LogP contribution in [0.1, 0.15) is 69.4 Å². The minimum absolute atomic E-state index is 0.00982. The predicted octanol–water partition coefficient (Wildman–Crippen LogP) is 6.18. The van der Waals surface area contributed by atoms with Crippen molar-refractivity contribution in [2.24, 2.45) is 5.41 Å². The number of aliphatic hydroxyl groups is 1. The van der Waals surface area contributed by atoms with Crippen molar-refractivity contribution in [1.29, 1.82) is 0 Å². The summed E-state index contributed by atoms with van der Waals surface area (Å²) >= 11 is 2.29. The Morgan fingerprint density at radius 1 is 0.972 bits per heavy atom. The van der Waals surface area contributed by atoms with Crippen molar-refractivity contribution in [3.8, 4) is 0 Å². The average molecular weight is 629 g/mol. The van der Waals surface area contributed by atoms with E-state index in [0.29, 0.717) is 4.90 Å². The number of hydrogen-bond donors (Lipinski definition) is 1. The Kier molecular flexibility index (Phi) is 11.7. The van der Waals surface area contributed by atoms with E-state index in [2.05, 4.69) is 42.5 Å². The Bertz CT molecular complexity index is 1070. The maximum atomic E-state index is 13.8. The fourth-order valence-corrected chi connectivity index (χ4v) is 7.85. The van der Waals surface area contributed by atoms with E-state index >= 15 is 0 Å². The minimum atomic E-state index is -3.55. The number of rotatable bonds is 8. The Balaban J connectivity index is 0.00000106. The number of nitrogens with zero attached hydrogens (tertiary/aromatic N) is 2. The fourth-order valence-electron chi connectivity index (χ4n) is 5.09. The molecule has 3 rings (SSSR count). The van der Waals surface area contributed by atoms with E-state index in [4.69, 9.17) is 0 Å². The van der Waals surface area contributed by atoms with Crippen molar-refractivity contribution in [1.82, 2.24) is 4.90 Å². The second-order valence-electron chi connectivity index (χ2n) is 10.8. The lowest BCUT2D eigenvalue weighted by molar-refractivity contribution is 0.0127. The van der Waals surface area contributed by atoms with Gasteiger partial charge in [-0.05, 0) is 98.0 Å². The van der Waals surface area contributed by atoms with Crippen LogP contribution in [0.4, 0.5) is 5.69 Å². The summed E-state index contributed by atoms with van der Waals surface area (Å²) in [5.41, 5.74) is 1.99. The van der Waals surface area contributed by atoms with Gasteiger partial charge in [0.15, 0.2) is 9.84 Å². The number of benzene rings is 2. The molecule has 2 atom stereocenters. The zero-order valence-corrected chi connectivity index (χ0v) is 26.1. The summed E-state index contributed by atoms with van der Waals surface area (Å²) in [5.74, 6) is -0.374. The van der Waals surface area contributed by atoms with Gasteiger partial charge in [-0.25, -0.2) is 8.42 Å². The summed E-state index contributed by atoms with van der Waals surface area (Å²) in [6.07, 6.45) is 4.45. The lowest BCUT2D eigenvalue weighted by atomic mass is 9.68. The van der Waals surface area contributed by atoms with E-state index in [1.165, 1.54) is 0 Å². The molecule has 2 aromatic carbocycles. The smallest absolute Gasteiger partial charge is 0.179 e. The van der Waals surface area contributed by atoms with E-state index in [-0.39, 0.29) is 11.7 Å². The molecule has 0 aromatic heterocycles. The van der Waals surface area contributed by atoms with Crippen LogP contribution in [0.3, 0.4) is 0 Å². The van der Waals surface area contributed by atoms with E-state index < -0.39 is 21.4 Å². The van der Waals surface area contributed by atoms with Crippen molar-refractivity contribution in [2.75, 3.05) is 45.9 Å². The fraction of sp³-hybridized carbons (Fsp3) is 0.586. The van der Waals surface area contributed by atoms with Crippen molar-refractivity contribution < 1.29 is 13.5 Å². The second-order valence-corrected chi connectivity index (χ2v) is 14.0. The highest BCUT2D eigenvalue weighted by molar-refractivity contribution is 14.1. The van der Waals surface area contributed by atoms with Crippen molar-refractivity contribution >= 4 is 38.1 Å². The number of anilines is 1. The lowest BCUT2D eigenvalue weighted by Gasteiger charge is -2.40. The largest absolute Gasteiger partial charge is 0.392 e. The van der Waals surface area contributed by atoms with Gasteiger partial charge in [-0.15, -0.1) is 0 Å². The standard InChI is InChI=1S/C26H36INO3S.C3H9N/c1-5-7-14-26(15-8-6-2)18-32(30,31)23-13-12-21(28(3)4)17-22(23)24(25(26)29)19-10-9-11-20(27)16-19;1-4(2)3/h9-13,16-17,24-25,29H,5-8,14-15,18H2,1-4H3;1-3H3. The second kappa shape index (κ2) is 13.6. The molecule has 0 bridgehead atoms. The quantitative estimate of drug-likeness (QED) is 0.354. The monoisotopic (exact) mass is 628 g/mol. The van der Waals surface area contributed by atoms with Crippen molar-refractivity contribution in [3.63, 3.8) is 0 Å². The Labute approximate surface area is 233 Å². The topological polar surface area (TPSA) is 60.9 Å². The van der Waals surface area contributed by atoms with Crippen LogP contribution in [0.25, 0.3) is 0 Å². The SMILES string of the molecule is CCCCC1(CCCC)CS(=O)(=O)c2ccc(N(C)C)cc2C(c2cccc(I)c2)C1O.CN(C)C. The highest BCUT2D eigenvalue weighted by atomic mass is 127. The first-order valence-electron chi connectivity index (χ1n) is 13.0. The summed E-state index contributed by atoms with van der Waals surface area (Å²) in [5, 5.41) is 12.1. The predicted molar refractivity (Wildman–Crippen MR) is 161 cm³/mol. The molecular weight excluding hydrogens is 583 g/mol. The van der Waals surface area contributed by atoms with E-state index in [1.807, 2.05) is 75.4 Å². The molecule has 1 N–H and O–H groups in total. The molecule has 0 spiro atoms. The lowest BCUT2D eigenvalue weighted by Crippen LogP contribution is -2.43. The number of unbranched alkanes of at least 4 members (excludes halogenated alkanes) is 2. The third-order valence-electron chi connectivity index (χ3n) is 6.86. The molecule has 0 amide bonds. The first-order chi connectivity index (χ1) is 16.9. The molecule has 0 fully saturated rings. The highest BCUT2D eigenvalue weighted by Crippen LogP contribution is 2.50. The van der Waals surface area contributed by atoms with Crippen molar-refractivity contribution in [3.05, 3.63) is 57.2 Å². The first kappa shape index (κ1) is 31.1. The Morgan fingerprint density at radius 2 is 1.56 bits per heavy atom. The Morgan fingerprint density at radius 3 is 2.06 bits per heavy atom. The number of halogens is 1. The van der Waals surface area contributed by atoms with Crippen molar-refractivity contribution in [2.45, 2.75) is 69.3 Å². The van der Waals surface area contributed by atoms with Gasteiger partial charge in [0.1, 0.15) is 0 Å². The van der Waals surface area contributed by atoms with Crippen LogP contribution in [-0.4, -0.2) is 65.5 Å². The molecule has 36 heavy (non-hydrogen) atoms. The minimum Gasteiger partial charge on any atom is -0.392 e. The van der Waals surface area contributed by atoms with Crippen LogP contribution < -0.4 is 4.90 Å². The molecule has 2 unspecified atom stereocenters. The van der Waals surface area contributed by atoms with Gasteiger partial charge in [0, 0.05) is 34.7 Å². The summed E-state index contributed by atoms with van der Waals surface area (Å²) in [7, 11) is 6.36. The van der Waals surface area contributed by atoms with Gasteiger partial charge in [0.25, 0.3) is 0 Å². The molecule has 1 aliphatic rings. The van der Waals surface area contributed by atoms with Gasteiger partial charge in [-0.1, -0.05) is 51.7 Å². The molecule has 0 saturated heterocycles. The van der Waals surface area contributed by atoms with Gasteiger partial charge >= 0.3 is 0 Å². The molecule has 1 aliphatic heterocycles. The first-order valence-corrected chi connectivity index (χ1v) is 15.7. The number of fused-ring (bicyclic) bond motifs is 1. The van der Waals surface area contributed by atoms with Crippen LogP contribution in [-0.2, 0) is 9.84 Å². The van der Waals surface area contributed by atoms with Crippen LogP contribution in [0.15, 0.2) is 47.4 Å². The van der Waals surface area contributed by atoms with Crippen LogP contribution >= 0.6 is 22.6 Å². The number of sulfone groups is 1. The van der Waals surface area contributed by atoms with Gasteiger partial charge in [-0.3, -0.25) is 0 Å². The van der Waals surface area contributed by atoms with E-state index in [1.54, 1.807) is 6.07 Å². The van der Waals surface area contributed by atoms with Gasteiger partial charge in [0.2, 0.25) is 0 Å². The molecule has 202 valence electrons. The zero-order valence-electron chi connectivity index (χ0n) is 23.1. The maximum absolute atomic E-state index is 13.8. The van der Waals surface area contributed by atoms with Gasteiger partial charge < -0.3 is 14.9 Å². The average Bonchev–Trinajstić information content (AvgIpc) is 2.87. The summed E-state index contributed by atoms with van der Waals surface area (Å²) in [6, 6.07) is 13.7. The third kappa shape index (κ3) is 7.68. The molecule has 1 heterocycles. The Hall–Kier alpha value is -1.16. The highest BCUT2D eigenvalue weighted by Gasteiger charge is 2.49. The zero-order chi connectivity index (χ0) is 27.1. The molecule has 5 nitrogen and oxygen atoms in total. The maximum Gasteiger partial charge on any atom is 0.179 e. The molecule has 0 saturated carbocycles. The van der Waals surface area contributed by atoms with Gasteiger partial charge in [-0.2, -0.15) is 0 Å².